The van der Waals surface area contributed by atoms with Gasteiger partial charge in [-0.15, -0.1) is 0 Å². The van der Waals surface area contributed by atoms with Gasteiger partial charge in [-0.1, -0.05) is 51.5 Å². The van der Waals surface area contributed by atoms with Crippen LogP contribution in [0.2, 0.25) is 0 Å². The average Bonchev–Trinajstić information content (AvgIpc) is 2.79. The Balaban J connectivity index is 1.85. The van der Waals surface area contributed by atoms with E-state index >= 15 is 0 Å². The van der Waals surface area contributed by atoms with Crippen molar-refractivity contribution in [1.29, 1.82) is 0 Å². The number of amides is 1. The first kappa shape index (κ1) is 25.9. The molecule has 5 N–H and O–H groups in total. The highest BCUT2D eigenvalue weighted by molar-refractivity contribution is 7.89. The van der Waals surface area contributed by atoms with Crippen molar-refractivity contribution in [2.24, 2.45) is 11.7 Å². The second kappa shape index (κ2) is 11.6. The number of anilines is 2. The van der Waals surface area contributed by atoms with Crippen LogP contribution in [0.1, 0.15) is 80.0 Å². The minimum atomic E-state index is -3.69. The molecule has 0 radical (unpaired) electrons. The van der Waals surface area contributed by atoms with E-state index in [1.165, 1.54) is 44.2 Å². The van der Waals surface area contributed by atoms with Gasteiger partial charge >= 0.3 is 0 Å². The number of hydrogen-bond donors (Lipinski definition) is 4. The number of nitrogens with two attached hydrogens (primary N) is 1. The maximum Gasteiger partial charge on any atom is 0.265 e. The van der Waals surface area contributed by atoms with E-state index in [9.17, 15) is 18.0 Å². The summed E-state index contributed by atoms with van der Waals surface area (Å²) >= 11 is 0. The molecule has 1 heterocycles. The maximum absolute atomic E-state index is 12.6. The number of nitrogens with one attached hydrogen (secondary N) is 3. The molecule has 0 unspecified atom stereocenters. The number of carbonyl (C=O) groups is 1. The Morgan fingerprint density at radius 2 is 1.97 bits per heavy atom. The molecule has 1 fully saturated rings. The standard InChI is InChI=1S/C24H35N5O4S/c1-3-14-26-34(32,33)18-13-12-16(2)19(15-18)27-23-21(22(25)30)24(31)29-20(28-23)11-7-10-17-8-5-4-6-9-17/h12-13,15,17,26H,3-11,14H2,1-2H3,(H2,25,30)(H2,27,28,29,31). The van der Waals surface area contributed by atoms with Crippen LogP contribution in [0.5, 0.6) is 0 Å². The lowest BCUT2D eigenvalue weighted by atomic mass is 9.86. The third kappa shape index (κ3) is 6.66. The first-order valence-corrected chi connectivity index (χ1v) is 13.5. The van der Waals surface area contributed by atoms with Gasteiger partial charge < -0.3 is 16.0 Å². The van der Waals surface area contributed by atoms with Crippen LogP contribution in [-0.2, 0) is 16.4 Å². The molecule has 1 aromatic carbocycles. The Morgan fingerprint density at radius 3 is 2.65 bits per heavy atom. The first-order chi connectivity index (χ1) is 16.2. The summed E-state index contributed by atoms with van der Waals surface area (Å²) in [6.45, 7) is 3.99. The molecule has 3 rings (SSSR count). The Morgan fingerprint density at radius 1 is 1.24 bits per heavy atom. The number of sulfonamides is 1. The quantitative estimate of drug-likeness (QED) is 0.380. The molecule has 1 aliphatic carbocycles. The van der Waals surface area contributed by atoms with Gasteiger partial charge in [0.1, 0.15) is 11.4 Å². The average molecular weight is 490 g/mol. The minimum absolute atomic E-state index is 0.0306. The van der Waals surface area contributed by atoms with Crippen LogP contribution in [0.4, 0.5) is 11.5 Å². The van der Waals surface area contributed by atoms with E-state index in [0.29, 0.717) is 30.9 Å². The summed E-state index contributed by atoms with van der Waals surface area (Å²) in [6.07, 6.45) is 9.59. The Kier molecular flexibility index (Phi) is 8.84. The minimum Gasteiger partial charge on any atom is -0.365 e. The van der Waals surface area contributed by atoms with Crippen molar-refractivity contribution in [3.05, 3.63) is 45.5 Å². The van der Waals surface area contributed by atoms with Gasteiger partial charge in [-0.05, 0) is 43.4 Å². The molecule has 0 atom stereocenters. The van der Waals surface area contributed by atoms with Gasteiger partial charge in [0.25, 0.3) is 11.5 Å². The predicted molar refractivity (Wildman–Crippen MR) is 133 cm³/mol. The highest BCUT2D eigenvalue weighted by atomic mass is 32.2. The highest BCUT2D eigenvalue weighted by Gasteiger charge is 2.20. The second-order valence-electron chi connectivity index (χ2n) is 9.00. The van der Waals surface area contributed by atoms with Crippen LogP contribution in [0, 0.1) is 12.8 Å². The number of rotatable bonds is 11. The van der Waals surface area contributed by atoms with Gasteiger partial charge in [-0.25, -0.2) is 18.1 Å². The molecule has 9 nitrogen and oxygen atoms in total. The molecular weight excluding hydrogens is 454 g/mol. The summed E-state index contributed by atoms with van der Waals surface area (Å²) in [5, 5.41) is 2.99. The number of primary amides is 1. The zero-order valence-corrected chi connectivity index (χ0v) is 20.8. The molecule has 2 aromatic rings. The van der Waals surface area contributed by atoms with Crippen molar-refractivity contribution < 1.29 is 13.2 Å². The fourth-order valence-corrected chi connectivity index (χ4v) is 5.50. The number of carbonyl (C=O) groups excluding carboxylic acids is 1. The van der Waals surface area contributed by atoms with Gasteiger partial charge in [0.05, 0.1) is 4.90 Å². The zero-order chi connectivity index (χ0) is 24.7. The van der Waals surface area contributed by atoms with E-state index in [0.717, 1.165) is 24.3 Å². The molecule has 1 aromatic heterocycles. The molecule has 10 heteroatoms. The molecule has 0 bridgehead atoms. The molecule has 0 aliphatic heterocycles. The second-order valence-corrected chi connectivity index (χ2v) is 10.8. The van der Waals surface area contributed by atoms with E-state index in [1.807, 2.05) is 6.92 Å². The number of nitrogens with zero attached hydrogens (tertiary/aromatic N) is 1. The Labute approximate surface area is 201 Å². The Bertz CT molecular complexity index is 1170. The monoisotopic (exact) mass is 489 g/mol. The van der Waals surface area contributed by atoms with Gasteiger partial charge in [-0.3, -0.25) is 9.59 Å². The van der Waals surface area contributed by atoms with E-state index in [4.69, 9.17) is 5.73 Å². The summed E-state index contributed by atoms with van der Waals surface area (Å²) in [5.74, 6) is 0.315. The zero-order valence-electron chi connectivity index (χ0n) is 19.9. The smallest absolute Gasteiger partial charge is 0.265 e. The van der Waals surface area contributed by atoms with Gasteiger partial charge in [-0.2, -0.15) is 0 Å². The predicted octanol–water partition coefficient (Wildman–Crippen LogP) is 3.51. The van der Waals surface area contributed by atoms with Crippen LogP contribution >= 0.6 is 0 Å². The van der Waals surface area contributed by atoms with Crippen molar-refractivity contribution in [2.45, 2.75) is 76.5 Å². The van der Waals surface area contributed by atoms with E-state index in [2.05, 4.69) is 20.0 Å². The maximum atomic E-state index is 12.6. The summed E-state index contributed by atoms with van der Waals surface area (Å²) in [6, 6.07) is 4.63. The third-order valence-corrected chi connectivity index (χ3v) is 7.74. The number of hydrogen-bond acceptors (Lipinski definition) is 6. The van der Waals surface area contributed by atoms with E-state index in [-0.39, 0.29) is 16.3 Å². The van der Waals surface area contributed by atoms with Crippen molar-refractivity contribution in [3.63, 3.8) is 0 Å². The lowest BCUT2D eigenvalue weighted by molar-refractivity contribution is 0.0999. The molecule has 0 spiro atoms. The van der Waals surface area contributed by atoms with Crippen molar-refractivity contribution in [3.8, 4) is 0 Å². The highest BCUT2D eigenvalue weighted by Crippen LogP contribution is 2.28. The van der Waals surface area contributed by atoms with Crippen LogP contribution < -0.4 is 21.3 Å². The topological polar surface area (TPSA) is 147 Å². The fourth-order valence-electron chi connectivity index (χ4n) is 4.34. The summed E-state index contributed by atoms with van der Waals surface area (Å²) in [5.41, 5.74) is 5.72. The lowest BCUT2D eigenvalue weighted by Gasteiger charge is -2.21. The SMILES string of the molecule is CCCNS(=O)(=O)c1ccc(C)c(Nc2nc(CCCC3CCCCC3)[nH]c(=O)c2C(N)=O)c1. The summed E-state index contributed by atoms with van der Waals surface area (Å²) < 4.78 is 27.6. The van der Waals surface area contributed by atoms with E-state index < -0.39 is 21.5 Å². The first-order valence-electron chi connectivity index (χ1n) is 12.0. The summed E-state index contributed by atoms with van der Waals surface area (Å²) in [4.78, 5) is 31.9. The van der Waals surface area contributed by atoms with Crippen LogP contribution in [0.3, 0.4) is 0 Å². The molecule has 0 saturated heterocycles. The molecule has 1 amide bonds. The number of H-pyrrole nitrogens is 1. The Hall–Kier alpha value is -2.72. The molecule has 186 valence electrons. The van der Waals surface area contributed by atoms with Crippen molar-refractivity contribution in [1.82, 2.24) is 14.7 Å². The van der Waals surface area contributed by atoms with Crippen LogP contribution in [-0.4, -0.2) is 30.8 Å². The number of benzene rings is 1. The van der Waals surface area contributed by atoms with Gasteiger partial charge in [0.2, 0.25) is 10.0 Å². The molecule has 1 aliphatic rings. The normalized spacial score (nSPS) is 14.8. The van der Waals surface area contributed by atoms with Crippen LogP contribution in [0.25, 0.3) is 0 Å². The molecular formula is C24H35N5O4S. The van der Waals surface area contributed by atoms with Crippen LogP contribution in [0.15, 0.2) is 27.9 Å². The number of aromatic nitrogens is 2. The fraction of sp³-hybridized carbons (Fsp3) is 0.542. The largest absolute Gasteiger partial charge is 0.365 e. The molecule has 1 saturated carbocycles. The van der Waals surface area contributed by atoms with Crippen molar-refractivity contribution in [2.75, 3.05) is 11.9 Å². The van der Waals surface area contributed by atoms with Crippen molar-refractivity contribution >= 4 is 27.4 Å². The third-order valence-electron chi connectivity index (χ3n) is 6.28. The van der Waals surface area contributed by atoms with Gasteiger partial charge in [0, 0.05) is 18.7 Å². The van der Waals surface area contributed by atoms with Gasteiger partial charge in [0.15, 0.2) is 5.82 Å². The van der Waals surface area contributed by atoms with E-state index in [1.54, 1.807) is 13.0 Å². The lowest BCUT2D eigenvalue weighted by Crippen LogP contribution is -2.28. The number of aromatic amines is 1. The number of aryl methyl sites for hydroxylation is 2. The summed E-state index contributed by atoms with van der Waals surface area (Å²) in [7, 11) is -3.69. The molecule has 34 heavy (non-hydrogen) atoms.